The maximum atomic E-state index is 11.9. The molecule has 0 saturated carbocycles. The van der Waals surface area contributed by atoms with Gasteiger partial charge in [0.15, 0.2) is 0 Å². The van der Waals surface area contributed by atoms with E-state index >= 15 is 0 Å². The lowest BCUT2D eigenvalue weighted by Gasteiger charge is -2.32. The van der Waals surface area contributed by atoms with E-state index in [0.717, 1.165) is 26.2 Å². The van der Waals surface area contributed by atoms with Crippen LogP contribution in [0.4, 0.5) is 5.69 Å². The molecule has 5 nitrogen and oxygen atoms in total. The van der Waals surface area contributed by atoms with Gasteiger partial charge in [-0.25, -0.2) is 0 Å². The van der Waals surface area contributed by atoms with Crippen LogP contribution in [0.25, 0.3) is 0 Å². The van der Waals surface area contributed by atoms with Gasteiger partial charge >= 0.3 is 0 Å². The number of ether oxygens (including phenoxy) is 1. The van der Waals surface area contributed by atoms with E-state index in [-0.39, 0.29) is 11.7 Å². The largest absolute Gasteiger partial charge is 0.398 e. The van der Waals surface area contributed by atoms with E-state index in [4.69, 9.17) is 10.5 Å². The molecule has 18 heavy (non-hydrogen) atoms. The van der Waals surface area contributed by atoms with Crippen molar-refractivity contribution in [2.45, 2.75) is 19.6 Å². The molecule has 0 spiro atoms. The van der Waals surface area contributed by atoms with Crippen molar-refractivity contribution in [1.82, 2.24) is 9.47 Å². The molecule has 0 aromatic carbocycles. The zero-order chi connectivity index (χ0) is 13.1. The summed E-state index contributed by atoms with van der Waals surface area (Å²) in [7, 11) is 0. The first kappa shape index (κ1) is 13.6. The Morgan fingerprint density at radius 1 is 1.61 bits per heavy atom. The van der Waals surface area contributed by atoms with Gasteiger partial charge in [-0.15, -0.1) is 0 Å². The summed E-state index contributed by atoms with van der Waals surface area (Å²) in [6.45, 7) is 6.22. The van der Waals surface area contributed by atoms with Crippen LogP contribution in [-0.4, -0.2) is 41.8 Å². The average molecular weight is 316 g/mol. The molecule has 100 valence electrons. The zero-order valence-corrected chi connectivity index (χ0v) is 12.0. The number of anilines is 1. The molecule has 1 saturated heterocycles. The second-order valence-corrected chi connectivity index (χ2v) is 5.32. The van der Waals surface area contributed by atoms with Crippen molar-refractivity contribution in [2.75, 3.05) is 32.0 Å². The standard InChI is InChI=1S/C12H18BrN3O2/c1-2-15-3-4-18-10(7-15)8-16-6-9(14)5-11(13)12(16)17/h5-6,10H,2-4,7-8,14H2,1H3. The Morgan fingerprint density at radius 3 is 3.11 bits per heavy atom. The second kappa shape index (κ2) is 5.86. The lowest BCUT2D eigenvalue weighted by atomic mass is 10.2. The van der Waals surface area contributed by atoms with E-state index in [2.05, 4.69) is 27.8 Å². The number of nitrogens with zero attached hydrogens (tertiary/aromatic N) is 2. The molecule has 2 rings (SSSR count). The maximum absolute atomic E-state index is 11.9. The highest BCUT2D eigenvalue weighted by atomic mass is 79.9. The summed E-state index contributed by atoms with van der Waals surface area (Å²) >= 11 is 3.22. The molecule has 0 bridgehead atoms. The van der Waals surface area contributed by atoms with Crippen LogP contribution in [0.5, 0.6) is 0 Å². The molecular weight excluding hydrogens is 298 g/mol. The normalized spacial score (nSPS) is 21.1. The molecule has 6 heteroatoms. The Labute approximate surface area is 115 Å². The van der Waals surface area contributed by atoms with Gasteiger partial charge in [0.25, 0.3) is 5.56 Å². The molecule has 2 heterocycles. The molecule has 1 aromatic rings. The van der Waals surface area contributed by atoms with Gasteiger partial charge in [0.2, 0.25) is 0 Å². The van der Waals surface area contributed by atoms with E-state index in [1.54, 1.807) is 16.8 Å². The summed E-state index contributed by atoms with van der Waals surface area (Å²) in [4.78, 5) is 14.3. The Kier molecular flexibility index (Phi) is 4.42. The Morgan fingerprint density at radius 2 is 2.39 bits per heavy atom. The van der Waals surface area contributed by atoms with E-state index in [1.807, 2.05) is 0 Å². The molecule has 1 aromatic heterocycles. The van der Waals surface area contributed by atoms with Crippen molar-refractivity contribution in [2.24, 2.45) is 0 Å². The summed E-state index contributed by atoms with van der Waals surface area (Å²) < 4.78 is 7.80. The third-order valence-corrected chi connectivity index (χ3v) is 3.70. The predicted molar refractivity (Wildman–Crippen MR) is 74.7 cm³/mol. The number of morpholine rings is 1. The van der Waals surface area contributed by atoms with Crippen LogP contribution >= 0.6 is 15.9 Å². The van der Waals surface area contributed by atoms with Gasteiger partial charge < -0.3 is 15.0 Å². The van der Waals surface area contributed by atoms with Crippen LogP contribution in [0.3, 0.4) is 0 Å². The highest BCUT2D eigenvalue weighted by Gasteiger charge is 2.20. The number of rotatable bonds is 3. The van der Waals surface area contributed by atoms with Crippen LogP contribution in [0, 0.1) is 0 Å². The molecule has 1 unspecified atom stereocenters. The molecular formula is C12H18BrN3O2. The number of hydrogen-bond donors (Lipinski definition) is 1. The molecule has 0 radical (unpaired) electrons. The van der Waals surface area contributed by atoms with Crippen molar-refractivity contribution in [1.29, 1.82) is 0 Å². The average Bonchev–Trinajstić information content (AvgIpc) is 2.35. The topological polar surface area (TPSA) is 60.5 Å². The second-order valence-electron chi connectivity index (χ2n) is 4.46. The Bertz CT molecular complexity index is 475. The lowest BCUT2D eigenvalue weighted by molar-refractivity contribution is -0.0347. The molecule has 1 aliphatic rings. The fourth-order valence-corrected chi connectivity index (χ4v) is 2.65. The van der Waals surface area contributed by atoms with E-state index in [0.29, 0.717) is 16.7 Å². The first-order chi connectivity index (χ1) is 8.60. The van der Waals surface area contributed by atoms with E-state index < -0.39 is 0 Å². The van der Waals surface area contributed by atoms with Crippen molar-refractivity contribution in [3.8, 4) is 0 Å². The van der Waals surface area contributed by atoms with Crippen LogP contribution in [0.2, 0.25) is 0 Å². The van der Waals surface area contributed by atoms with Gasteiger partial charge in [0, 0.05) is 25.0 Å². The summed E-state index contributed by atoms with van der Waals surface area (Å²) in [5, 5.41) is 0. The van der Waals surface area contributed by atoms with E-state index in [9.17, 15) is 4.79 Å². The summed E-state index contributed by atoms with van der Waals surface area (Å²) in [5.41, 5.74) is 6.25. The minimum absolute atomic E-state index is 0.0464. The number of aromatic nitrogens is 1. The predicted octanol–water partition coefficient (Wildman–Crippen LogP) is 0.914. The lowest BCUT2D eigenvalue weighted by Crippen LogP contribution is -2.45. The third-order valence-electron chi connectivity index (χ3n) is 3.13. The van der Waals surface area contributed by atoms with Gasteiger partial charge in [-0.2, -0.15) is 0 Å². The Hall–Kier alpha value is -0.850. The molecule has 0 aliphatic carbocycles. The smallest absolute Gasteiger partial charge is 0.265 e. The quantitative estimate of drug-likeness (QED) is 0.901. The first-order valence-electron chi connectivity index (χ1n) is 6.09. The molecule has 0 amide bonds. The molecule has 2 N–H and O–H groups in total. The van der Waals surface area contributed by atoms with E-state index in [1.165, 1.54) is 0 Å². The van der Waals surface area contributed by atoms with Gasteiger partial charge in [-0.05, 0) is 28.5 Å². The SMILES string of the molecule is CCN1CCOC(Cn2cc(N)cc(Br)c2=O)C1. The van der Waals surface area contributed by atoms with Crippen LogP contribution in [0.15, 0.2) is 21.5 Å². The molecule has 1 atom stereocenters. The minimum Gasteiger partial charge on any atom is -0.398 e. The molecule has 1 aliphatic heterocycles. The first-order valence-corrected chi connectivity index (χ1v) is 6.89. The number of hydrogen-bond acceptors (Lipinski definition) is 4. The fourth-order valence-electron chi connectivity index (χ4n) is 2.15. The van der Waals surface area contributed by atoms with Crippen LogP contribution in [0.1, 0.15) is 6.92 Å². The number of nitrogens with two attached hydrogens (primary N) is 1. The molecule has 1 fully saturated rings. The number of nitrogen functional groups attached to an aromatic ring is 1. The fraction of sp³-hybridized carbons (Fsp3) is 0.583. The summed E-state index contributed by atoms with van der Waals surface area (Å²) in [5.74, 6) is 0. The Balaban J connectivity index is 2.12. The van der Waals surface area contributed by atoms with Gasteiger partial charge in [-0.1, -0.05) is 6.92 Å². The summed E-state index contributed by atoms with van der Waals surface area (Å²) in [6, 6.07) is 1.62. The van der Waals surface area contributed by atoms with Gasteiger partial charge in [0.05, 0.1) is 23.7 Å². The van der Waals surface area contributed by atoms with Gasteiger partial charge in [0.1, 0.15) is 0 Å². The monoisotopic (exact) mass is 315 g/mol. The number of pyridine rings is 1. The third kappa shape index (κ3) is 3.13. The number of likely N-dealkylation sites (N-methyl/N-ethyl adjacent to an activating group) is 1. The number of halogens is 1. The summed E-state index contributed by atoms with van der Waals surface area (Å²) in [6.07, 6.45) is 1.71. The zero-order valence-electron chi connectivity index (χ0n) is 10.4. The maximum Gasteiger partial charge on any atom is 0.265 e. The van der Waals surface area contributed by atoms with Crippen LogP contribution in [-0.2, 0) is 11.3 Å². The van der Waals surface area contributed by atoms with Crippen molar-refractivity contribution in [3.05, 3.63) is 27.1 Å². The minimum atomic E-state index is -0.0681. The van der Waals surface area contributed by atoms with Crippen molar-refractivity contribution < 1.29 is 4.74 Å². The van der Waals surface area contributed by atoms with Crippen LogP contribution < -0.4 is 11.3 Å². The van der Waals surface area contributed by atoms with Crippen molar-refractivity contribution in [3.63, 3.8) is 0 Å². The highest BCUT2D eigenvalue weighted by molar-refractivity contribution is 9.10. The van der Waals surface area contributed by atoms with Gasteiger partial charge in [-0.3, -0.25) is 9.69 Å². The highest BCUT2D eigenvalue weighted by Crippen LogP contribution is 2.11. The van der Waals surface area contributed by atoms with Crippen molar-refractivity contribution >= 4 is 21.6 Å².